The maximum atomic E-state index is 13.0. The van der Waals surface area contributed by atoms with E-state index in [1.165, 1.54) is 31.0 Å². The Balaban J connectivity index is 1.81. The van der Waals surface area contributed by atoms with Gasteiger partial charge in [-0.3, -0.25) is 9.69 Å². The smallest absolute Gasteiger partial charge is 0.260 e. The molecule has 1 aromatic rings. The number of amides is 1. The lowest BCUT2D eigenvalue weighted by Gasteiger charge is -2.24. The lowest BCUT2D eigenvalue weighted by molar-refractivity contribution is -0.127. The summed E-state index contributed by atoms with van der Waals surface area (Å²) in [5.74, 6) is -0.0605. The van der Waals surface area contributed by atoms with Crippen LogP contribution in [0, 0.1) is 5.82 Å². The molecular formula is C16H22BrFN2O2. The number of carbonyl (C=O) groups excluding carboxylic acids is 1. The number of nitrogens with zero attached hydrogens (tertiary/aromatic N) is 1. The highest BCUT2D eigenvalue weighted by molar-refractivity contribution is 9.10. The SMILES string of the molecule is CC(Oc1ccc(F)cc1Br)C(=O)NCC(C)N1CCCC1. The van der Waals surface area contributed by atoms with Gasteiger partial charge < -0.3 is 10.1 Å². The molecule has 122 valence electrons. The molecule has 6 heteroatoms. The van der Waals surface area contributed by atoms with Gasteiger partial charge in [-0.25, -0.2) is 4.39 Å². The summed E-state index contributed by atoms with van der Waals surface area (Å²) in [5, 5.41) is 2.92. The molecule has 4 nitrogen and oxygen atoms in total. The third-order valence-electron chi connectivity index (χ3n) is 3.90. The van der Waals surface area contributed by atoms with E-state index in [1.54, 1.807) is 6.92 Å². The minimum absolute atomic E-state index is 0.165. The summed E-state index contributed by atoms with van der Waals surface area (Å²) in [6.07, 6.45) is 1.83. The second-order valence-electron chi connectivity index (χ2n) is 5.67. The summed E-state index contributed by atoms with van der Waals surface area (Å²) in [6.45, 7) is 6.62. The average Bonchev–Trinajstić information content (AvgIpc) is 3.01. The Labute approximate surface area is 139 Å². The van der Waals surface area contributed by atoms with Gasteiger partial charge in [0.05, 0.1) is 4.47 Å². The summed E-state index contributed by atoms with van der Waals surface area (Å²) in [6, 6.07) is 4.46. The van der Waals surface area contributed by atoms with Gasteiger partial charge in [-0.1, -0.05) is 0 Å². The van der Waals surface area contributed by atoms with Crippen molar-refractivity contribution in [1.82, 2.24) is 10.2 Å². The average molecular weight is 373 g/mol. The molecule has 2 unspecified atom stereocenters. The Morgan fingerprint density at radius 3 is 2.73 bits per heavy atom. The molecule has 1 N–H and O–H groups in total. The van der Waals surface area contributed by atoms with E-state index >= 15 is 0 Å². The minimum Gasteiger partial charge on any atom is -0.480 e. The van der Waals surface area contributed by atoms with Gasteiger partial charge in [0.25, 0.3) is 5.91 Å². The molecule has 0 radical (unpaired) electrons. The molecule has 0 spiro atoms. The van der Waals surface area contributed by atoms with Crippen molar-refractivity contribution in [2.45, 2.75) is 38.8 Å². The molecule has 2 rings (SSSR count). The summed E-state index contributed by atoms with van der Waals surface area (Å²) >= 11 is 3.23. The second kappa shape index (κ2) is 7.92. The van der Waals surface area contributed by atoms with Crippen LogP contribution in [0.5, 0.6) is 5.75 Å². The van der Waals surface area contributed by atoms with E-state index in [0.29, 0.717) is 22.8 Å². The second-order valence-corrected chi connectivity index (χ2v) is 6.53. The summed E-state index contributed by atoms with van der Waals surface area (Å²) < 4.78 is 19.1. The summed E-state index contributed by atoms with van der Waals surface area (Å²) in [4.78, 5) is 14.5. The number of hydrogen-bond acceptors (Lipinski definition) is 3. The zero-order chi connectivity index (χ0) is 16.1. The van der Waals surface area contributed by atoms with E-state index in [2.05, 4.69) is 33.1 Å². The van der Waals surface area contributed by atoms with Crippen LogP contribution >= 0.6 is 15.9 Å². The molecule has 1 fully saturated rings. The number of nitrogens with one attached hydrogen (secondary N) is 1. The van der Waals surface area contributed by atoms with E-state index in [1.807, 2.05) is 0 Å². The van der Waals surface area contributed by atoms with Gasteiger partial charge in [0.1, 0.15) is 11.6 Å². The normalized spacial score (nSPS) is 18.0. The predicted molar refractivity (Wildman–Crippen MR) is 87.5 cm³/mol. The molecule has 0 saturated carbocycles. The maximum Gasteiger partial charge on any atom is 0.260 e. The van der Waals surface area contributed by atoms with E-state index in [-0.39, 0.29) is 11.7 Å². The molecule has 1 aliphatic heterocycles. The molecule has 0 aliphatic carbocycles. The number of rotatable bonds is 6. The van der Waals surface area contributed by atoms with Crippen molar-refractivity contribution in [2.24, 2.45) is 0 Å². The molecular weight excluding hydrogens is 351 g/mol. The summed E-state index contributed by atoms with van der Waals surface area (Å²) in [7, 11) is 0. The standard InChI is InChI=1S/C16H22BrFN2O2/c1-11(20-7-3-4-8-20)10-19-16(21)12(2)22-15-6-5-13(18)9-14(15)17/h5-6,9,11-12H,3-4,7-8,10H2,1-2H3,(H,19,21). The van der Waals surface area contributed by atoms with Crippen LogP contribution in [0.4, 0.5) is 4.39 Å². The van der Waals surface area contributed by atoms with Crippen LogP contribution < -0.4 is 10.1 Å². The first-order valence-corrected chi connectivity index (χ1v) is 8.40. The number of halogens is 2. The minimum atomic E-state index is -0.632. The highest BCUT2D eigenvalue weighted by Gasteiger charge is 2.21. The van der Waals surface area contributed by atoms with Crippen LogP contribution in [0.3, 0.4) is 0 Å². The van der Waals surface area contributed by atoms with E-state index in [9.17, 15) is 9.18 Å². The lowest BCUT2D eigenvalue weighted by atomic mass is 10.2. The zero-order valence-electron chi connectivity index (χ0n) is 12.9. The van der Waals surface area contributed by atoms with Crippen molar-refractivity contribution < 1.29 is 13.9 Å². The Bertz CT molecular complexity index is 521. The Morgan fingerprint density at radius 1 is 1.41 bits per heavy atom. The molecule has 1 amide bonds. The largest absolute Gasteiger partial charge is 0.480 e. The van der Waals surface area contributed by atoms with Crippen molar-refractivity contribution in [3.05, 3.63) is 28.5 Å². The number of carbonyl (C=O) groups is 1. The topological polar surface area (TPSA) is 41.6 Å². The molecule has 22 heavy (non-hydrogen) atoms. The van der Waals surface area contributed by atoms with Crippen LogP contribution in [-0.4, -0.2) is 42.6 Å². The first kappa shape index (κ1) is 17.2. The number of ether oxygens (including phenoxy) is 1. The first-order chi connectivity index (χ1) is 10.5. The number of benzene rings is 1. The van der Waals surface area contributed by atoms with Crippen molar-refractivity contribution >= 4 is 21.8 Å². The van der Waals surface area contributed by atoms with Gasteiger partial charge in [-0.2, -0.15) is 0 Å². The number of hydrogen-bond donors (Lipinski definition) is 1. The fourth-order valence-electron chi connectivity index (χ4n) is 2.52. The fourth-order valence-corrected chi connectivity index (χ4v) is 2.96. The monoisotopic (exact) mass is 372 g/mol. The van der Waals surface area contributed by atoms with Crippen molar-refractivity contribution in [3.63, 3.8) is 0 Å². The van der Waals surface area contributed by atoms with Crippen molar-refractivity contribution in [1.29, 1.82) is 0 Å². The van der Waals surface area contributed by atoms with Crippen LogP contribution in [-0.2, 0) is 4.79 Å². The van der Waals surface area contributed by atoms with Crippen LogP contribution in [0.1, 0.15) is 26.7 Å². The molecule has 1 saturated heterocycles. The molecule has 1 aromatic carbocycles. The Kier molecular flexibility index (Phi) is 6.20. The first-order valence-electron chi connectivity index (χ1n) is 7.61. The molecule has 0 bridgehead atoms. The van der Waals surface area contributed by atoms with Crippen LogP contribution in [0.2, 0.25) is 0 Å². The van der Waals surface area contributed by atoms with Gasteiger partial charge in [-0.15, -0.1) is 0 Å². The van der Waals surface area contributed by atoms with E-state index in [4.69, 9.17) is 4.74 Å². The summed E-state index contributed by atoms with van der Waals surface area (Å²) in [5.41, 5.74) is 0. The van der Waals surface area contributed by atoms with Gasteiger partial charge in [0.15, 0.2) is 6.10 Å². The fraction of sp³-hybridized carbons (Fsp3) is 0.562. The van der Waals surface area contributed by atoms with Crippen LogP contribution in [0.15, 0.2) is 22.7 Å². The molecule has 2 atom stereocenters. The third-order valence-corrected chi connectivity index (χ3v) is 4.52. The highest BCUT2D eigenvalue weighted by atomic mass is 79.9. The molecule has 0 aromatic heterocycles. The van der Waals surface area contributed by atoms with Gasteiger partial charge in [-0.05, 0) is 73.9 Å². The van der Waals surface area contributed by atoms with Crippen LogP contribution in [0.25, 0.3) is 0 Å². The predicted octanol–water partition coefficient (Wildman–Crippen LogP) is 2.96. The quantitative estimate of drug-likeness (QED) is 0.834. The molecule has 1 heterocycles. The van der Waals surface area contributed by atoms with Gasteiger partial charge in [0.2, 0.25) is 0 Å². The lowest BCUT2D eigenvalue weighted by Crippen LogP contribution is -2.44. The third kappa shape index (κ3) is 4.68. The Hall–Kier alpha value is -1.14. The number of likely N-dealkylation sites (tertiary alicyclic amines) is 1. The van der Waals surface area contributed by atoms with Gasteiger partial charge in [0, 0.05) is 12.6 Å². The van der Waals surface area contributed by atoms with Crippen molar-refractivity contribution in [2.75, 3.05) is 19.6 Å². The molecule has 1 aliphatic rings. The van der Waals surface area contributed by atoms with E-state index in [0.717, 1.165) is 13.1 Å². The van der Waals surface area contributed by atoms with E-state index < -0.39 is 6.10 Å². The van der Waals surface area contributed by atoms with Gasteiger partial charge >= 0.3 is 0 Å². The maximum absolute atomic E-state index is 13.0. The van der Waals surface area contributed by atoms with Crippen molar-refractivity contribution in [3.8, 4) is 5.75 Å². The highest BCUT2D eigenvalue weighted by Crippen LogP contribution is 2.26. The Morgan fingerprint density at radius 2 is 2.09 bits per heavy atom. The zero-order valence-corrected chi connectivity index (χ0v) is 14.5.